The average molecular weight is 568 g/mol. The van der Waals surface area contributed by atoms with Crippen LogP contribution in [-0.2, 0) is 16.1 Å². The summed E-state index contributed by atoms with van der Waals surface area (Å²) in [5.41, 5.74) is 6.95. The number of nitrogens with one attached hydrogen (secondary N) is 1. The Morgan fingerprint density at radius 3 is 2.86 bits per heavy atom. The van der Waals surface area contributed by atoms with Crippen molar-refractivity contribution in [1.29, 1.82) is 0 Å². The number of amides is 2. The first kappa shape index (κ1) is 23.6. The molecule has 1 aliphatic carbocycles. The average Bonchev–Trinajstić information content (AvgIpc) is 3.28. The van der Waals surface area contributed by atoms with Crippen molar-refractivity contribution in [3.8, 4) is 5.75 Å². The highest BCUT2D eigenvalue weighted by Gasteiger charge is 2.64. The zero-order chi connectivity index (χ0) is 26.1. The molecule has 2 amide bonds. The largest absolute Gasteiger partial charge is 0.494 e. The number of fused-ring (bicyclic) bond motifs is 4. The summed E-state index contributed by atoms with van der Waals surface area (Å²) in [4.78, 5) is 41.5. The molecule has 12 heteroatoms. The van der Waals surface area contributed by atoms with Crippen molar-refractivity contribution in [1.82, 2.24) is 24.4 Å². The Morgan fingerprint density at radius 1 is 1.30 bits per heavy atom. The molecule has 2 fully saturated rings. The first-order valence-corrected chi connectivity index (χ1v) is 12.5. The summed E-state index contributed by atoms with van der Waals surface area (Å²) in [6.07, 6.45) is 2.70. The van der Waals surface area contributed by atoms with Crippen LogP contribution in [0.25, 0.3) is 21.9 Å². The number of anilines is 2. The van der Waals surface area contributed by atoms with Gasteiger partial charge in [-0.15, -0.1) is 0 Å². The van der Waals surface area contributed by atoms with Crippen molar-refractivity contribution in [2.24, 2.45) is 5.41 Å². The van der Waals surface area contributed by atoms with Crippen LogP contribution in [0.15, 0.2) is 41.3 Å². The number of nitrogen functional groups attached to an aromatic ring is 1. The second-order valence-electron chi connectivity index (χ2n) is 9.78. The minimum atomic E-state index is -0.642. The highest BCUT2D eigenvalue weighted by Crippen LogP contribution is 2.59. The molecular formula is C25H23BrFN7O3. The second-order valence-corrected chi connectivity index (χ2v) is 10.6. The summed E-state index contributed by atoms with van der Waals surface area (Å²) >= 11 is 3.31. The third kappa shape index (κ3) is 3.78. The smallest absolute Gasteiger partial charge is 0.248 e. The molecule has 1 saturated heterocycles. The van der Waals surface area contributed by atoms with E-state index in [9.17, 15) is 14.0 Å². The summed E-state index contributed by atoms with van der Waals surface area (Å²) in [6, 6.07) is 7.39. The summed E-state index contributed by atoms with van der Waals surface area (Å²) in [6.45, 7) is 1.97. The van der Waals surface area contributed by atoms with Crippen LogP contribution in [-0.4, -0.2) is 55.4 Å². The number of nitrogens with two attached hydrogens (primary N) is 1. The fraction of sp³-hybridized carbons (Fsp3) is 0.320. The van der Waals surface area contributed by atoms with Crippen molar-refractivity contribution in [2.75, 3.05) is 18.2 Å². The van der Waals surface area contributed by atoms with E-state index < -0.39 is 11.9 Å². The van der Waals surface area contributed by atoms with E-state index in [1.807, 2.05) is 0 Å². The van der Waals surface area contributed by atoms with E-state index in [0.29, 0.717) is 38.8 Å². The Hall–Kier alpha value is -3.80. The van der Waals surface area contributed by atoms with Crippen LogP contribution in [0, 0.1) is 11.2 Å². The summed E-state index contributed by atoms with van der Waals surface area (Å²) < 4.78 is 22.0. The highest BCUT2D eigenvalue weighted by atomic mass is 79.9. The van der Waals surface area contributed by atoms with Crippen molar-refractivity contribution in [3.05, 3.63) is 47.1 Å². The van der Waals surface area contributed by atoms with Crippen molar-refractivity contribution in [2.45, 2.75) is 38.4 Å². The van der Waals surface area contributed by atoms with Gasteiger partial charge in [-0.1, -0.05) is 13.0 Å². The number of rotatable bonds is 5. The predicted molar refractivity (Wildman–Crippen MR) is 138 cm³/mol. The van der Waals surface area contributed by atoms with Crippen LogP contribution >= 0.6 is 15.9 Å². The first-order valence-electron chi connectivity index (χ1n) is 11.7. The van der Waals surface area contributed by atoms with Gasteiger partial charge in [0, 0.05) is 17.5 Å². The summed E-state index contributed by atoms with van der Waals surface area (Å²) in [5.74, 6) is -0.473. The quantitative estimate of drug-likeness (QED) is 0.353. The maximum atomic E-state index is 14.6. The fourth-order valence-corrected chi connectivity index (χ4v) is 5.86. The molecule has 0 spiro atoms. The third-order valence-electron chi connectivity index (χ3n) is 7.43. The van der Waals surface area contributed by atoms with E-state index in [4.69, 9.17) is 10.5 Å². The molecule has 0 radical (unpaired) electrons. The predicted octanol–water partition coefficient (Wildman–Crippen LogP) is 3.49. The fourth-order valence-electron chi connectivity index (χ4n) is 5.51. The van der Waals surface area contributed by atoms with E-state index in [1.54, 1.807) is 27.7 Å². The molecule has 3 aromatic heterocycles. The zero-order valence-corrected chi connectivity index (χ0v) is 21.6. The number of ether oxygens (including phenoxy) is 1. The number of methoxy groups -OCH3 is 1. The van der Waals surface area contributed by atoms with Crippen LogP contribution in [0.2, 0.25) is 0 Å². The van der Waals surface area contributed by atoms with E-state index in [2.05, 4.69) is 43.1 Å². The third-order valence-corrected chi connectivity index (χ3v) is 7.87. The molecule has 2 aliphatic rings. The molecule has 1 aromatic carbocycles. The maximum Gasteiger partial charge on any atom is 0.248 e. The van der Waals surface area contributed by atoms with Crippen LogP contribution in [0.1, 0.15) is 19.8 Å². The lowest BCUT2D eigenvalue weighted by molar-refractivity contribution is -0.138. The number of hydrogen-bond acceptors (Lipinski definition) is 7. The number of carbonyl (C=O) groups excluding carboxylic acids is 2. The molecule has 1 saturated carbocycles. The number of likely N-dealkylation sites (tertiary alicyclic amines) is 1. The molecule has 4 heterocycles. The number of pyridine rings is 1. The van der Waals surface area contributed by atoms with Gasteiger partial charge in [0.15, 0.2) is 11.6 Å². The van der Waals surface area contributed by atoms with Crippen molar-refractivity contribution < 1.29 is 18.7 Å². The topological polar surface area (TPSA) is 128 Å². The summed E-state index contributed by atoms with van der Waals surface area (Å²) in [5, 5.41) is 3.78. The molecule has 37 heavy (non-hydrogen) atoms. The van der Waals surface area contributed by atoms with Gasteiger partial charge < -0.3 is 25.3 Å². The SMILES string of the molecule is COc1cc2c(cc1F)c1c(N)ncnc1n2CC(=O)N1[C@H](C(=O)Nc2cccc(Br)n2)C[C@@]2(C)C[C@@H]12. The minimum Gasteiger partial charge on any atom is -0.494 e. The lowest BCUT2D eigenvalue weighted by Crippen LogP contribution is -2.46. The van der Waals surface area contributed by atoms with Crippen LogP contribution < -0.4 is 15.8 Å². The van der Waals surface area contributed by atoms with Gasteiger partial charge in [-0.05, 0) is 52.4 Å². The van der Waals surface area contributed by atoms with E-state index in [1.165, 1.54) is 25.6 Å². The van der Waals surface area contributed by atoms with Gasteiger partial charge in [0.1, 0.15) is 40.8 Å². The van der Waals surface area contributed by atoms with Gasteiger partial charge in [-0.2, -0.15) is 0 Å². The van der Waals surface area contributed by atoms with Gasteiger partial charge in [0.05, 0.1) is 18.0 Å². The molecule has 0 bridgehead atoms. The van der Waals surface area contributed by atoms with Gasteiger partial charge in [0.2, 0.25) is 11.8 Å². The Morgan fingerprint density at radius 2 is 2.11 bits per heavy atom. The Labute approximate surface area is 219 Å². The van der Waals surface area contributed by atoms with Crippen molar-refractivity contribution >= 4 is 61.3 Å². The molecule has 0 unspecified atom stereocenters. The van der Waals surface area contributed by atoms with Gasteiger partial charge in [-0.3, -0.25) is 9.59 Å². The number of carbonyl (C=O) groups is 2. The van der Waals surface area contributed by atoms with Crippen LogP contribution in [0.3, 0.4) is 0 Å². The van der Waals surface area contributed by atoms with Crippen LogP contribution in [0.5, 0.6) is 5.75 Å². The van der Waals surface area contributed by atoms with Crippen molar-refractivity contribution in [3.63, 3.8) is 0 Å². The first-order chi connectivity index (χ1) is 17.7. The zero-order valence-electron chi connectivity index (χ0n) is 20.0. The Bertz CT molecular complexity index is 1610. The Kier molecular flexibility index (Phi) is 5.34. The standard InChI is InChI=1S/C25H23BrFN7O3/c1-25-8-15(24(36)32-19-5-3-4-18(26)31-19)34(17(25)9-25)20(35)10-33-14-7-16(37-2)13(27)6-12(14)21-22(28)29-11-30-23(21)33/h3-7,11,15,17H,8-10H2,1-2H3,(H2,28,29,30)(H,31,32,36)/t15-,17+,25-/m0/s1. The molecule has 190 valence electrons. The number of aromatic nitrogens is 4. The summed E-state index contributed by atoms with van der Waals surface area (Å²) in [7, 11) is 1.37. The number of piperidine rings is 1. The van der Waals surface area contributed by atoms with Gasteiger partial charge >= 0.3 is 0 Å². The second kappa shape index (κ2) is 8.37. The molecule has 4 aromatic rings. The van der Waals surface area contributed by atoms with E-state index in [0.717, 1.165) is 6.42 Å². The monoisotopic (exact) mass is 567 g/mol. The number of nitrogens with zero attached hydrogens (tertiary/aromatic N) is 5. The molecule has 6 rings (SSSR count). The molecular weight excluding hydrogens is 545 g/mol. The normalized spacial score (nSPS) is 22.3. The molecule has 3 atom stereocenters. The maximum absolute atomic E-state index is 14.6. The minimum absolute atomic E-state index is 0.0326. The number of benzene rings is 1. The van der Waals surface area contributed by atoms with Gasteiger partial charge in [0.25, 0.3) is 0 Å². The molecule has 3 N–H and O–H groups in total. The van der Waals surface area contributed by atoms with Crippen LogP contribution in [0.4, 0.5) is 16.0 Å². The lowest BCUT2D eigenvalue weighted by atomic mass is 10.0. The van der Waals surface area contributed by atoms with E-state index >= 15 is 0 Å². The number of halogens is 2. The number of hydrogen-bond donors (Lipinski definition) is 2. The molecule has 1 aliphatic heterocycles. The molecule has 10 nitrogen and oxygen atoms in total. The Balaban J connectivity index is 1.37. The lowest BCUT2D eigenvalue weighted by Gasteiger charge is -2.27. The highest BCUT2D eigenvalue weighted by molar-refractivity contribution is 9.10. The van der Waals surface area contributed by atoms with E-state index in [-0.39, 0.29) is 41.4 Å². The van der Waals surface area contributed by atoms with Gasteiger partial charge in [-0.25, -0.2) is 19.3 Å².